The van der Waals surface area contributed by atoms with Crippen molar-refractivity contribution in [1.82, 2.24) is 15.1 Å². The number of allylic oxidation sites excluding steroid dienone is 4. The third kappa shape index (κ3) is 3.11. The van der Waals surface area contributed by atoms with Crippen molar-refractivity contribution >= 4 is 0 Å². The number of phenolic OH excluding ortho intramolecular Hbond substituents is 1. The summed E-state index contributed by atoms with van der Waals surface area (Å²) in [5, 5.41) is 38.1. The van der Waals surface area contributed by atoms with Crippen LogP contribution in [0, 0.1) is 22.7 Å². The minimum atomic E-state index is -0.576. The molecule has 2 aromatic carbocycles. The second kappa shape index (κ2) is 7.62. The first-order valence-electron chi connectivity index (χ1n) is 9.47. The normalized spacial score (nSPS) is 14.3. The maximum absolute atomic E-state index is 10.5. The Morgan fingerprint density at radius 2 is 1.53 bits per heavy atom. The van der Waals surface area contributed by atoms with E-state index >= 15 is 0 Å². The predicted molar refractivity (Wildman–Crippen MR) is 113 cm³/mol. The van der Waals surface area contributed by atoms with Gasteiger partial charge in [0.25, 0.3) is 0 Å². The van der Waals surface area contributed by atoms with Crippen LogP contribution in [0.3, 0.4) is 0 Å². The van der Waals surface area contributed by atoms with E-state index in [9.17, 15) is 15.6 Å². The van der Waals surface area contributed by atoms with E-state index in [0.29, 0.717) is 39.4 Å². The number of nitrogens with zero attached hydrogens (tertiary/aromatic N) is 4. The SMILES string of the molecule is CC1=C(C#N)C(c2cn(-c3ccccc3)nc2-c2ccccc2O)C(C#N)=C(C)N1. The average molecular weight is 393 g/mol. The number of nitrogens with one attached hydrogen (secondary N) is 1. The van der Waals surface area contributed by atoms with E-state index in [1.54, 1.807) is 22.9 Å². The highest BCUT2D eigenvalue weighted by atomic mass is 16.3. The summed E-state index contributed by atoms with van der Waals surface area (Å²) in [6.45, 7) is 3.65. The molecule has 0 atom stereocenters. The van der Waals surface area contributed by atoms with Crippen LogP contribution in [0.5, 0.6) is 5.75 Å². The Morgan fingerprint density at radius 3 is 2.13 bits per heavy atom. The third-order valence-corrected chi connectivity index (χ3v) is 5.23. The molecule has 0 saturated heterocycles. The molecule has 0 spiro atoms. The van der Waals surface area contributed by atoms with Crippen LogP contribution in [-0.2, 0) is 0 Å². The summed E-state index contributed by atoms with van der Waals surface area (Å²) in [5.74, 6) is -0.488. The molecule has 0 bridgehead atoms. The zero-order valence-corrected chi connectivity index (χ0v) is 16.6. The van der Waals surface area contributed by atoms with Crippen molar-refractivity contribution in [2.24, 2.45) is 0 Å². The number of phenols is 1. The van der Waals surface area contributed by atoms with Gasteiger partial charge in [0, 0.05) is 28.7 Å². The lowest BCUT2D eigenvalue weighted by atomic mass is 9.81. The van der Waals surface area contributed by atoms with E-state index in [4.69, 9.17) is 5.10 Å². The van der Waals surface area contributed by atoms with Crippen LogP contribution in [-0.4, -0.2) is 14.9 Å². The van der Waals surface area contributed by atoms with Gasteiger partial charge in [-0.05, 0) is 38.1 Å². The zero-order valence-electron chi connectivity index (χ0n) is 16.6. The molecule has 6 heteroatoms. The number of aromatic hydroxyl groups is 1. The van der Waals surface area contributed by atoms with E-state index < -0.39 is 5.92 Å². The number of aromatic nitrogens is 2. The van der Waals surface area contributed by atoms with E-state index in [2.05, 4.69) is 17.5 Å². The monoisotopic (exact) mass is 393 g/mol. The van der Waals surface area contributed by atoms with Crippen LogP contribution < -0.4 is 5.32 Å². The Bertz CT molecular complexity index is 1230. The molecule has 0 fully saturated rings. The Balaban J connectivity index is 2.02. The lowest BCUT2D eigenvalue weighted by Gasteiger charge is -2.26. The van der Waals surface area contributed by atoms with E-state index in [-0.39, 0.29) is 5.75 Å². The fraction of sp³-hybridized carbons (Fsp3) is 0.125. The van der Waals surface area contributed by atoms with Crippen LogP contribution in [0.2, 0.25) is 0 Å². The molecule has 146 valence electrons. The van der Waals surface area contributed by atoms with Crippen LogP contribution >= 0.6 is 0 Å². The van der Waals surface area contributed by atoms with E-state index in [1.807, 2.05) is 56.4 Å². The van der Waals surface area contributed by atoms with Crippen molar-refractivity contribution in [3.8, 4) is 34.8 Å². The second-order valence-corrected chi connectivity index (χ2v) is 7.09. The molecular formula is C24H19N5O. The van der Waals surface area contributed by atoms with Crippen molar-refractivity contribution < 1.29 is 5.11 Å². The van der Waals surface area contributed by atoms with Gasteiger partial charge in [-0.1, -0.05) is 30.3 Å². The van der Waals surface area contributed by atoms with Crippen molar-refractivity contribution in [2.45, 2.75) is 19.8 Å². The van der Waals surface area contributed by atoms with E-state index in [0.717, 1.165) is 5.69 Å². The Kier molecular flexibility index (Phi) is 4.83. The fourth-order valence-electron chi connectivity index (χ4n) is 3.80. The van der Waals surface area contributed by atoms with Crippen LogP contribution in [0.1, 0.15) is 25.3 Å². The summed E-state index contributed by atoms with van der Waals surface area (Å²) >= 11 is 0. The maximum atomic E-state index is 10.5. The molecule has 6 nitrogen and oxygen atoms in total. The highest BCUT2D eigenvalue weighted by Crippen LogP contribution is 2.43. The maximum Gasteiger partial charge on any atom is 0.125 e. The fourth-order valence-corrected chi connectivity index (χ4v) is 3.80. The number of nitriles is 2. The first-order valence-corrected chi connectivity index (χ1v) is 9.47. The van der Waals surface area contributed by atoms with Crippen LogP contribution in [0.25, 0.3) is 16.9 Å². The molecule has 0 radical (unpaired) electrons. The zero-order chi connectivity index (χ0) is 21.3. The molecule has 0 aliphatic carbocycles. The molecule has 0 amide bonds. The summed E-state index contributed by atoms with van der Waals surface area (Å²) in [5.41, 5.74) is 4.93. The number of para-hydroxylation sites is 2. The summed E-state index contributed by atoms with van der Waals surface area (Å²) < 4.78 is 1.72. The van der Waals surface area contributed by atoms with Crippen LogP contribution in [0.4, 0.5) is 0 Å². The molecule has 4 rings (SSSR count). The number of rotatable bonds is 3. The van der Waals surface area contributed by atoms with Gasteiger partial charge in [0.15, 0.2) is 0 Å². The van der Waals surface area contributed by atoms with Gasteiger partial charge in [-0.15, -0.1) is 0 Å². The van der Waals surface area contributed by atoms with Gasteiger partial charge in [0.05, 0.1) is 34.9 Å². The average Bonchev–Trinajstić information content (AvgIpc) is 3.19. The van der Waals surface area contributed by atoms with E-state index in [1.165, 1.54) is 0 Å². The van der Waals surface area contributed by atoms with Gasteiger partial charge in [0.2, 0.25) is 0 Å². The predicted octanol–water partition coefficient (Wildman–Crippen LogP) is 4.53. The molecule has 1 aromatic heterocycles. The Morgan fingerprint density at radius 1 is 0.933 bits per heavy atom. The van der Waals surface area contributed by atoms with Gasteiger partial charge < -0.3 is 10.4 Å². The highest BCUT2D eigenvalue weighted by Gasteiger charge is 2.33. The van der Waals surface area contributed by atoms with Gasteiger partial charge in [-0.25, -0.2) is 4.68 Å². The first-order chi connectivity index (χ1) is 14.5. The third-order valence-electron chi connectivity index (χ3n) is 5.23. The van der Waals surface area contributed by atoms with Gasteiger partial charge in [-0.3, -0.25) is 0 Å². The number of benzene rings is 2. The lowest BCUT2D eigenvalue weighted by molar-refractivity contribution is 0.477. The molecule has 0 saturated carbocycles. The van der Waals surface area contributed by atoms with Crippen molar-refractivity contribution in [2.75, 3.05) is 0 Å². The van der Waals surface area contributed by atoms with Crippen molar-refractivity contribution in [3.05, 3.63) is 88.9 Å². The summed E-state index contributed by atoms with van der Waals surface area (Å²) in [7, 11) is 0. The quantitative estimate of drug-likeness (QED) is 0.681. The number of hydrogen-bond donors (Lipinski definition) is 2. The molecule has 1 aliphatic heterocycles. The smallest absolute Gasteiger partial charge is 0.125 e. The van der Waals surface area contributed by atoms with Gasteiger partial charge in [0.1, 0.15) is 11.4 Å². The molecule has 2 heterocycles. The molecule has 1 aliphatic rings. The molecular weight excluding hydrogens is 374 g/mol. The Labute approximate surface area is 174 Å². The highest BCUT2D eigenvalue weighted by molar-refractivity contribution is 5.73. The van der Waals surface area contributed by atoms with Crippen molar-refractivity contribution in [1.29, 1.82) is 10.5 Å². The lowest BCUT2D eigenvalue weighted by Crippen LogP contribution is -2.23. The molecule has 3 aromatic rings. The number of dihydropyridines is 1. The number of hydrogen-bond acceptors (Lipinski definition) is 5. The summed E-state index contributed by atoms with van der Waals surface area (Å²) in [4.78, 5) is 0. The molecule has 2 N–H and O–H groups in total. The minimum absolute atomic E-state index is 0.0874. The van der Waals surface area contributed by atoms with Crippen LogP contribution in [0.15, 0.2) is 83.3 Å². The standard InChI is InChI=1S/C24H19N5O/c1-15-19(12-25)23(20(13-26)16(2)27-15)21-14-29(17-8-4-3-5-9-17)28-24(21)18-10-6-7-11-22(18)30/h3-11,14,23,27,30H,1-2H3. The van der Waals surface area contributed by atoms with Crippen molar-refractivity contribution in [3.63, 3.8) is 0 Å². The van der Waals surface area contributed by atoms with Gasteiger partial charge in [-0.2, -0.15) is 15.6 Å². The Hall–Kier alpha value is -4.29. The minimum Gasteiger partial charge on any atom is -0.507 e. The molecule has 0 unspecified atom stereocenters. The topological polar surface area (TPSA) is 97.7 Å². The largest absolute Gasteiger partial charge is 0.507 e. The second-order valence-electron chi connectivity index (χ2n) is 7.09. The summed E-state index contributed by atoms with van der Waals surface area (Å²) in [6.07, 6.45) is 1.84. The first kappa shape index (κ1) is 19.0. The molecule has 30 heavy (non-hydrogen) atoms. The summed E-state index contributed by atoms with van der Waals surface area (Å²) in [6, 6.07) is 21.1. The van der Waals surface area contributed by atoms with Gasteiger partial charge >= 0.3 is 0 Å².